The number of piperidine rings is 1. The zero-order valence-electron chi connectivity index (χ0n) is 21.6. The monoisotopic (exact) mass is 475 g/mol. The minimum absolute atomic E-state index is 0.00260. The Morgan fingerprint density at radius 3 is 2.38 bits per heavy atom. The molecule has 7 heteroatoms. The lowest BCUT2D eigenvalue weighted by atomic mass is 9.59. The summed E-state index contributed by atoms with van der Waals surface area (Å²) in [5.41, 5.74) is 5.97. The minimum Gasteiger partial charge on any atom is -0.427 e. The molecule has 1 aliphatic heterocycles. The number of amides is 1. The van der Waals surface area contributed by atoms with Crippen LogP contribution >= 0.6 is 0 Å². The second kappa shape index (κ2) is 12.6. The summed E-state index contributed by atoms with van der Waals surface area (Å²) >= 11 is 0. The zero-order chi connectivity index (χ0) is 24.1. The molecule has 3 saturated carbocycles. The van der Waals surface area contributed by atoms with Gasteiger partial charge >= 0.3 is 7.12 Å². The van der Waals surface area contributed by atoms with E-state index in [4.69, 9.17) is 5.73 Å². The van der Waals surface area contributed by atoms with Crippen LogP contribution in [0.4, 0.5) is 0 Å². The Hall–Kier alpha value is -0.625. The van der Waals surface area contributed by atoms with Crippen LogP contribution < -0.4 is 5.73 Å². The first-order valence-electron chi connectivity index (χ1n) is 14.5. The SMILES string of the molecule is CN(CC1CCCCC1B(O)O)C1CCCC(C(=O)N2CCC(C3CCCC(CN)C3)CC2)C1. The van der Waals surface area contributed by atoms with Gasteiger partial charge in [-0.2, -0.15) is 0 Å². The Balaban J connectivity index is 1.25. The number of carbonyl (C=O) groups is 1. The van der Waals surface area contributed by atoms with Gasteiger partial charge in [0.15, 0.2) is 0 Å². The highest BCUT2D eigenvalue weighted by Crippen LogP contribution is 2.40. The van der Waals surface area contributed by atoms with E-state index in [0.717, 1.165) is 88.9 Å². The fraction of sp³-hybridized carbons (Fsp3) is 0.963. The molecule has 6 atom stereocenters. The van der Waals surface area contributed by atoms with Gasteiger partial charge in [-0.3, -0.25) is 4.79 Å². The Labute approximate surface area is 208 Å². The number of hydrogen-bond acceptors (Lipinski definition) is 5. The lowest BCUT2D eigenvalue weighted by molar-refractivity contribution is -0.139. The standard InChI is InChI=1S/C27H50BN3O3/c1-30(19-24-7-2-3-11-26(24)28(33)34)25-10-5-9-23(17-25)27(32)31-14-12-21(13-15-31)22-8-4-6-20(16-22)18-29/h20-26,33-34H,2-19,29H2,1H3. The molecule has 0 bridgehead atoms. The molecule has 1 amide bonds. The van der Waals surface area contributed by atoms with Crippen LogP contribution in [0.25, 0.3) is 0 Å². The van der Waals surface area contributed by atoms with Crippen molar-refractivity contribution < 1.29 is 14.8 Å². The fourth-order valence-corrected chi connectivity index (χ4v) is 7.99. The summed E-state index contributed by atoms with van der Waals surface area (Å²) < 4.78 is 0. The molecular formula is C27H50BN3O3. The van der Waals surface area contributed by atoms with E-state index in [-0.39, 0.29) is 11.7 Å². The van der Waals surface area contributed by atoms with Crippen molar-refractivity contribution in [3.8, 4) is 0 Å². The molecular weight excluding hydrogens is 425 g/mol. The highest BCUT2D eigenvalue weighted by atomic mass is 16.4. The van der Waals surface area contributed by atoms with Crippen molar-refractivity contribution in [1.82, 2.24) is 9.80 Å². The summed E-state index contributed by atoms with van der Waals surface area (Å²) in [6, 6.07) is 0.439. The van der Waals surface area contributed by atoms with Crippen LogP contribution in [0, 0.1) is 29.6 Å². The number of carbonyl (C=O) groups excluding carboxylic acids is 1. The third-order valence-corrected chi connectivity index (χ3v) is 10.2. The van der Waals surface area contributed by atoms with Crippen molar-refractivity contribution in [2.45, 2.75) is 102 Å². The molecule has 6 nitrogen and oxygen atoms in total. The van der Waals surface area contributed by atoms with Crippen LogP contribution in [0.3, 0.4) is 0 Å². The highest BCUT2D eigenvalue weighted by molar-refractivity contribution is 6.43. The maximum Gasteiger partial charge on any atom is 0.455 e. The van der Waals surface area contributed by atoms with Crippen LogP contribution in [0.2, 0.25) is 5.82 Å². The molecule has 3 aliphatic carbocycles. The first-order chi connectivity index (χ1) is 16.5. The summed E-state index contributed by atoms with van der Waals surface area (Å²) in [6.07, 6.45) is 16.3. The van der Waals surface area contributed by atoms with E-state index in [9.17, 15) is 14.8 Å². The van der Waals surface area contributed by atoms with Crippen LogP contribution in [-0.4, -0.2) is 72.1 Å². The van der Waals surface area contributed by atoms with Crippen molar-refractivity contribution in [2.75, 3.05) is 33.2 Å². The van der Waals surface area contributed by atoms with Gasteiger partial charge in [0.1, 0.15) is 0 Å². The summed E-state index contributed by atoms with van der Waals surface area (Å²) in [4.78, 5) is 18.1. The summed E-state index contributed by atoms with van der Waals surface area (Å²) in [7, 11) is 0.995. The smallest absolute Gasteiger partial charge is 0.427 e. The number of nitrogens with zero attached hydrogens (tertiary/aromatic N) is 2. The Morgan fingerprint density at radius 1 is 0.912 bits per heavy atom. The van der Waals surface area contributed by atoms with Crippen molar-refractivity contribution in [3.63, 3.8) is 0 Å². The fourth-order valence-electron chi connectivity index (χ4n) is 7.99. The van der Waals surface area contributed by atoms with Crippen LogP contribution in [-0.2, 0) is 4.79 Å². The third kappa shape index (κ3) is 6.57. The molecule has 4 fully saturated rings. The van der Waals surface area contributed by atoms with Gasteiger partial charge in [-0.05, 0) is 94.4 Å². The van der Waals surface area contributed by atoms with E-state index < -0.39 is 7.12 Å². The first-order valence-corrected chi connectivity index (χ1v) is 14.5. The molecule has 194 valence electrons. The molecule has 0 aromatic carbocycles. The number of rotatable bonds is 7. The van der Waals surface area contributed by atoms with Gasteiger partial charge in [0, 0.05) is 31.6 Å². The lowest BCUT2D eigenvalue weighted by Crippen LogP contribution is -2.47. The van der Waals surface area contributed by atoms with Gasteiger partial charge in [0.05, 0.1) is 0 Å². The molecule has 1 heterocycles. The summed E-state index contributed by atoms with van der Waals surface area (Å²) in [5.74, 6) is 3.26. The largest absolute Gasteiger partial charge is 0.455 e. The molecule has 0 aromatic rings. The first kappa shape index (κ1) is 26.4. The van der Waals surface area contributed by atoms with Gasteiger partial charge in [0.25, 0.3) is 0 Å². The van der Waals surface area contributed by atoms with E-state index in [1.54, 1.807) is 0 Å². The molecule has 1 saturated heterocycles. The van der Waals surface area contributed by atoms with Crippen molar-refractivity contribution >= 4 is 13.0 Å². The average Bonchev–Trinajstić information content (AvgIpc) is 2.88. The molecule has 34 heavy (non-hydrogen) atoms. The van der Waals surface area contributed by atoms with Gasteiger partial charge in [-0.25, -0.2) is 0 Å². The van der Waals surface area contributed by atoms with Crippen molar-refractivity contribution in [1.29, 1.82) is 0 Å². The number of nitrogens with two attached hydrogens (primary N) is 1. The Bertz CT molecular complexity index is 643. The van der Waals surface area contributed by atoms with E-state index in [1.165, 1.54) is 44.9 Å². The Morgan fingerprint density at radius 2 is 1.65 bits per heavy atom. The zero-order valence-corrected chi connectivity index (χ0v) is 21.6. The summed E-state index contributed by atoms with van der Waals surface area (Å²) in [6.45, 7) is 3.66. The van der Waals surface area contributed by atoms with Crippen LogP contribution in [0.1, 0.15) is 89.9 Å². The molecule has 4 N–H and O–H groups in total. The number of likely N-dealkylation sites (tertiary alicyclic amines) is 1. The van der Waals surface area contributed by atoms with E-state index in [2.05, 4.69) is 16.8 Å². The molecule has 6 unspecified atom stereocenters. The lowest BCUT2D eigenvalue weighted by Gasteiger charge is -2.42. The predicted octanol–water partition coefficient (Wildman–Crippen LogP) is 3.51. The molecule has 0 aromatic heterocycles. The van der Waals surface area contributed by atoms with E-state index in [0.29, 0.717) is 17.9 Å². The van der Waals surface area contributed by atoms with Crippen molar-refractivity contribution in [3.05, 3.63) is 0 Å². The second-order valence-electron chi connectivity index (χ2n) is 12.3. The second-order valence-corrected chi connectivity index (χ2v) is 12.3. The van der Waals surface area contributed by atoms with Crippen LogP contribution in [0.5, 0.6) is 0 Å². The van der Waals surface area contributed by atoms with Crippen LogP contribution in [0.15, 0.2) is 0 Å². The molecule has 4 aliphatic rings. The number of hydrogen-bond donors (Lipinski definition) is 3. The quantitative estimate of drug-likeness (QED) is 0.491. The van der Waals surface area contributed by atoms with Gasteiger partial charge < -0.3 is 25.6 Å². The minimum atomic E-state index is -1.20. The average molecular weight is 476 g/mol. The van der Waals surface area contributed by atoms with Gasteiger partial charge in [-0.1, -0.05) is 38.5 Å². The maximum atomic E-state index is 13.5. The topological polar surface area (TPSA) is 90.0 Å². The van der Waals surface area contributed by atoms with Gasteiger partial charge in [-0.15, -0.1) is 0 Å². The van der Waals surface area contributed by atoms with Gasteiger partial charge in [0.2, 0.25) is 5.91 Å². The highest BCUT2D eigenvalue weighted by Gasteiger charge is 2.38. The van der Waals surface area contributed by atoms with E-state index >= 15 is 0 Å². The Kier molecular flexibility index (Phi) is 9.77. The summed E-state index contributed by atoms with van der Waals surface area (Å²) in [5, 5.41) is 19.7. The van der Waals surface area contributed by atoms with Crippen molar-refractivity contribution in [2.24, 2.45) is 35.3 Å². The maximum absolute atomic E-state index is 13.5. The third-order valence-electron chi connectivity index (χ3n) is 10.2. The molecule has 4 rings (SSSR count). The molecule has 0 radical (unpaired) electrons. The van der Waals surface area contributed by atoms with E-state index in [1.807, 2.05) is 0 Å². The molecule has 0 spiro atoms. The predicted molar refractivity (Wildman–Crippen MR) is 138 cm³/mol. The normalized spacial score (nSPS) is 36.0.